The molecule has 5 heteroatoms. The molecule has 0 fully saturated rings. The average Bonchev–Trinajstić information content (AvgIpc) is 2.43. The first-order valence-electron chi connectivity index (χ1n) is 5.82. The molecule has 98 valence electrons. The van der Waals surface area contributed by atoms with Gasteiger partial charge in [0, 0.05) is 22.9 Å². The van der Waals surface area contributed by atoms with E-state index in [1.165, 1.54) is 0 Å². The Morgan fingerprint density at radius 3 is 2.84 bits per heavy atom. The largest absolute Gasteiger partial charge is 0.326 e. The smallest absolute Gasteiger partial charge is 0.274 e. The Bertz CT molecular complexity index is 613. The van der Waals surface area contributed by atoms with E-state index in [2.05, 4.69) is 26.2 Å². The van der Waals surface area contributed by atoms with E-state index >= 15 is 0 Å². The number of carbonyl (C=O) groups is 1. The van der Waals surface area contributed by atoms with Crippen LogP contribution in [0.25, 0.3) is 0 Å². The molecule has 2 rings (SSSR count). The summed E-state index contributed by atoms with van der Waals surface area (Å²) < 4.78 is 1.01. The molecule has 1 aromatic heterocycles. The van der Waals surface area contributed by atoms with E-state index in [9.17, 15) is 4.79 Å². The Morgan fingerprint density at radius 2 is 2.16 bits per heavy atom. The number of nitrogens with two attached hydrogens (primary N) is 1. The minimum Gasteiger partial charge on any atom is -0.326 e. The lowest BCUT2D eigenvalue weighted by Crippen LogP contribution is -2.14. The summed E-state index contributed by atoms with van der Waals surface area (Å²) >= 11 is 3.42. The van der Waals surface area contributed by atoms with Crippen molar-refractivity contribution in [2.75, 3.05) is 5.32 Å². The summed E-state index contributed by atoms with van der Waals surface area (Å²) in [6.45, 7) is 2.35. The molecule has 19 heavy (non-hydrogen) atoms. The molecule has 2 aromatic rings. The molecule has 0 aliphatic heterocycles. The van der Waals surface area contributed by atoms with Gasteiger partial charge in [-0.3, -0.25) is 9.78 Å². The SMILES string of the molecule is Cc1cc(NC(=O)c2cc(CN)ccn2)ccc1Br. The molecule has 1 heterocycles. The van der Waals surface area contributed by atoms with E-state index in [-0.39, 0.29) is 5.91 Å². The van der Waals surface area contributed by atoms with Crippen molar-refractivity contribution in [3.63, 3.8) is 0 Å². The van der Waals surface area contributed by atoms with Gasteiger partial charge in [-0.1, -0.05) is 15.9 Å². The number of benzene rings is 1. The number of nitrogens with one attached hydrogen (secondary N) is 1. The molecule has 1 aromatic carbocycles. The van der Waals surface area contributed by atoms with Crippen molar-refractivity contribution in [1.29, 1.82) is 0 Å². The van der Waals surface area contributed by atoms with Crippen LogP contribution in [-0.2, 0) is 6.54 Å². The van der Waals surface area contributed by atoms with Crippen LogP contribution >= 0.6 is 15.9 Å². The van der Waals surface area contributed by atoms with E-state index in [0.29, 0.717) is 12.2 Å². The van der Waals surface area contributed by atoms with Crippen LogP contribution in [0.3, 0.4) is 0 Å². The van der Waals surface area contributed by atoms with Crippen molar-refractivity contribution in [3.05, 3.63) is 57.8 Å². The molecular weight excluding hydrogens is 306 g/mol. The zero-order chi connectivity index (χ0) is 13.8. The van der Waals surface area contributed by atoms with Crippen molar-refractivity contribution in [1.82, 2.24) is 4.98 Å². The number of aromatic nitrogens is 1. The van der Waals surface area contributed by atoms with Crippen LogP contribution in [0.2, 0.25) is 0 Å². The minimum atomic E-state index is -0.239. The minimum absolute atomic E-state index is 0.239. The Kier molecular flexibility index (Phi) is 4.29. The van der Waals surface area contributed by atoms with Crippen LogP contribution in [-0.4, -0.2) is 10.9 Å². The molecule has 0 bridgehead atoms. The van der Waals surface area contributed by atoms with Gasteiger partial charge in [0.1, 0.15) is 5.69 Å². The maximum Gasteiger partial charge on any atom is 0.274 e. The number of aryl methyl sites for hydroxylation is 1. The number of hydrogen-bond donors (Lipinski definition) is 2. The van der Waals surface area contributed by atoms with E-state index < -0.39 is 0 Å². The molecule has 0 radical (unpaired) electrons. The predicted octanol–water partition coefficient (Wildman–Crippen LogP) is 2.86. The highest BCUT2D eigenvalue weighted by Crippen LogP contribution is 2.20. The summed E-state index contributed by atoms with van der Waals surface area (Å²) in [5, 5.41) is 2.81. The first-order valence-corrected chi connectivity index (χ1v) is 6.62. The second-order valence-corrected chi connectivity index (χ2v) is 5.03. The lowest BCUT2D eigenvalue weighted by molar-refractivity contribution is 0.102. The number of pyridine rings is 1. The van der Waals surface area contributed by atoms with Crippen LogP contribution in [0.1, 0.15) is 21.6 Å². The van der Waals surface area contributed by atoms with E-state index in [1.54, 1.807) is 18.3 Å². The van der Waals surface area contributed by atoms with Crippen LogP contribution < -0.4 is 11.1 Å². The third-order valence-electron chi connectivity index (χ3n) is 2.71. The second kappa shape index (κ2) is 5.95. The average molecular weight is 320 g/mol. The third kappa shape index (κ3) is 3.39. The van der Waals surface area contributed by atoms with Crippen LogP contribution in [0, 0.1) is 6.92 Å². The second-order valence-electron chi connectivity index (χ2n) is 4.17. The van der Waals surface area contributed by atoms with Gasteiger partial charge in [-0.05, 0) is 48.4 Å². The summed E-state index contributed by atoms with van der Waals surface area (Å²) in [4.78, 5) is 16.1. The van der Waals surface area contributed by atoms with Crippen molar-refractivity contribution >= 4 is 27.5 Å². The Balaban J connectivity index is 2.18. The summed E-state index contributed by atoms with van der Waals surface area (Å²) in [6, 6.07) is 9.12. The Hall–Kier alpha value is -1.72. The highest BCUT2D eigenvalue weighted by molar-refractivity contribution is 9.10. The lowest BCUT2D eigenvalue weighted by Gasteiger charge is -2.07. The highest BCUT2D eigenvalue weighted by atomic mass is 79.9. The van der Waals surface area contributed by atoms with Gasteiger partial charge < -0.3 is 11.1 Å². The molecule has 4 nitrogen and oxygen atoms in total. The number of anilines is 1. The van der Waals surface area contributed by atoms with Crippen molar-refractivity contribution in [2.45, 2.75) is 13.5 Å². The van der Waals surface area contributed by atoms with Crippen LogP contribution in [0.15, 0.2) is 41.0 Å². The molecule has 0 spiro atoms. The van der Waals surface area contributed by atoms with Gasteiger partial charge >= 0.3 is 0 Å². The van der Waals surface area contributed by atoms with Gasteiger partial charge in [0.15, 0.2) is 0 Å². The maximum atomic E-state index is 12.1. The molecule has 0 saturated carbocycles. The summed E-state index contributed by atoms with van der Waals surface area (Å²) in [5.41, 5.74) is 8.59. The Labute approximate surface area is 120 Å². The van der Waals surface area contributed by atoms with E-state index in [0.717, 1.165) is 21.3 Å². The number of rotatable bonds is 3. The topological polar surface area (TPSA) is 68.0 Å². The number of amides is 1. The highest BCUT2D eigenvalue weighted by Gasteiger charge is 2.08. The van der Waals surface area contributed by atoms with Crippen LogP contribution in [0.5, 0.6) is 0 Å². The zero-order valence-electron chi connectivity index (χ0n) is 10.5. The molecule has 0 aliphatic carbocycles. The Morgan fingerprint density at radius 1 is 1.37 bits per heavy atom. The van der Waals surface area contributed by atoms with E-state index in [4.69, 9.17) is 5.73 Å². The van der Waals surface area contributed by atoms with Crippen molar-refractivity contribution in [3.8, 4) is 0 Å². The molecule has 0 aliphatic rings. The normalized spacial score (nSPS) is 10.3. The zero-order valence-corrected chi connectivity index (χ0v) is 12.1. The van der Waals surface area contributed by atoms with Crippen LogP contribution in [0.4, 0.5) is 5.69 Å². The molecule has 1 amide bonds. The fraction of sp³-hybridized carbons (Fsp3) is 0.143. The number of hydrogen-bond acceptors (Lipinski definition) is 3. The van der Waals surface area contributed by atoms with Gasteiger partial charge in [0.05, 0.1) is 0 Å². The monoisotopic (exact) mass is 319 g/mol. The summed E-state index contributed by atoms with van der Waals surface area (Å²) in [7, 11) is 0. The van der Waals surface area contributed by atoms with Gasteiger partial charge in [0.2, 0.25) is 0 Å². The maximum absolute atomic E-state index is 12.1. The molecule has 0 unspecified atom stereocenters. The number of carbonyl (C=O) groups excluding carboxylic acids is 1. The predicted molar refractivity (Wildman–Crippen MR) is 79.0 cm³/mol. The quantitative estimate of drug-likeness (QED) is 0.914. The summed E-state index contributed by atoms with van der Waals surface area (Å²) in [5.74, 6) is -0.239. The number of nitrogens with zero attached hydrogens (tertiary/aromatic N) is 1. The lowest BCUT2D eigenvalue weighted by atomic mass is 10.2. The third-order valence-corrected chi connectivity index (χ3v) is 3.60. The molecule has 0 saturated heterocycles. The first-order chi connectivity index (χ1) is 9.10. The number of halogens is 1. The molecular formula is C14H14BrN3O. The van der Waals surface area contributed by atoms with Gasteiger partial charge in [-0.15, -0.1) is 0 Å². The van der Waals surface area contributed by atoms with Crippen molar-refractivity contribution < 1.29 is 4.79 Å². The molecule has 3 N–H and O–H groups in total. The summed E-state index contributed by atoms with van der Waals surface area (Å²) in [6.07, 6.45) is 1.59. The molecule has 0 atom stereocenters. The van der Waals surface area contributed by atoms with Gasteiger partial charge in [-0.2, -0.15) is 0 Å². The first kappa shape index (κ1) is 13.7. The van der Waals surface area contributed by atoms with Gasteiger partial charge in [0.25, 0.3) is 5.91 Å². The van der Waals surface area contributed by atoms with Gasteiger partial charge in [-0.25, -0.2) is 0 Å². The standard InChI is InChI=1S/C14H14BrN3O/c1-9-6-11(2-3-12(9)15)18-14(19)13-7-10(8-16)4-5-17-13/h2-7H,8,16H2,1H3,(H,18,19). The van der Waals surface area contributed by atoms with E-state index in [1.807, 2.05) is 25.1 Å². The van der Waals surface area contributed by atoms with Crippen molar-refractivity contribution in [2.24, 2.45) is 5.73 Å². The fourth-order valence-electron chi connectivity index (χ4n) is 1.64. The fourth-order valence-corrected chi connectivity index (χ4v) is 1.89.